The van der Waals surface area contributed by atoms with Gasteiger partial charge in [0, 0.05) is 19.6 Å². The molecule has 2 aromatic rings. The standard InChI is InChI=1S/C20H27N7/c1-15-7-9-16(10-8-15)27-19(22)17(14-21)18(25-27)6-5-11-24-20(23)26-12-3-2-4-13-26/h7-10H,2-6,11-13,22H2,1H3,(H2,23,24). The molecule has 0 spiro atoms. The number of piperidine rings is 1. The topological polar surface area (TPSA) is 109 Å². The van der Waals surface area contributed by atoms with Crippen molar-refractivity contribution in [2.24, 2.45) is 10.7 Å². The Labute approximate surface area is 160 Å². The molecule has 142 valence electrons. The van der Waals surface area contributed by atoms with Crippen molar-refractivity contribution in [1.29, 1.82) is 5.26 Å². The molecule has 1 aliphatic rings. The van der Waals surface area contributed by atoms with Gasteiger partial charge < -0.3 is 16.4 Å². The van der Waals surface area contributed by atoms with Gasteiger partial charge in [-0.25, -0.2) is 4.68 Å². The highest BCUT2D eigenvalue weighted by atomic mass is 15.3. The highest BCUT2D eigenvalue weighted by Crippen LogP contribution is 2.22. The van der Waals surface area contributed by atoms with Crippen LogP contribution < -0.4 is 11.5 Å². The highest BCUT2D eigenvalue weighted by molar-refractivity contribution is 5.78. The Morgan fingerprint density at radius 2 is 1.93 bits per heavy atom. The maximum atomic E-state index is 9.48. The lowest BCUT2D eigenvalue weighted by atomic mass is 10.1. The minimum atomic E-state index is 0.382. The van der Waals surface area contributed by atoms with E-state index >= 15 is 0 Å². The number of likely N-dealkylation sites (tertiary alicyclic amines) is 1. The van der Waals surface area contributed by atoms with E-state index in [0.717, 1.165) is 30.8 Å². The summed E-state index contributed by atoms with van der Waals surface area (Å²) in [5.74, 6) is 1.01. The SMILES string of the molecule is Cc1ccc(-n2nc(CCCN=C(N)N3CCCCC3)c(C#N)c2N)cc1. The number of guanidine groups is 1. The van der Waals surface area contributed by atoms with Crippen molar-refractivity contribution in [3.05, 3.63) is 41.1 Å². The molecule has 1 aromatic carbocycles. The van der Waals surface area contributed by atoms with Gasteiger partial charge in [0.2, 0.25) is 0 Å². The summed E-state index contributed by atoms with van der Waals surface area (Å²) in [4.78, 5) is 6.63. The number of hydrogen-bond donors (Lipinski definition) is 2. The van der Waals surface area contributed by atoms with Gasteiger partial charge in [-0.2, -0.15) is 10.4 Å². The number of benzene rings is 1. The minimum absolute atomic E-state index is 0.382. The smallest absolute Gasteiger partial charge is 0.191 e. The fraction of sp³-hybridized carbons (Fsp3) is 0.450. The second-order valence-electron chi connectivity index (χ2n) is 6.96. The lowest BCUT2D eigenvalue weighted by Crippen LogP contribution is -2.40. The quantitative estimate of drug-likeness (QED) is 0.480. The van der Waals surface area contributed by atoms with Crippen LogP contribution in [-0.2, 0) is 6.42 Å². The van der Waals surface area contributed by atoms with E-state index in [1.807, 2.05) is 31.2 Å². The van der Waals surface area contributed by atoms with Gasteiger partial charge in [0.05, 0.1) is 11.4 Å². The average Bonchev–Trinajstić information content (AvgIpc) is 3.01. The Bertz CT molecular complexity index is 836. The summed E-state index contributed by atoms with van der Waals surface area (Å²) in [7, 11) is 0. The van der Waals surface area contributed by atoms with E-state index in [1.165, 1.54) is 19.3 Å². The summed E-state index contributed by atoms with van der Waals surface area (Å²) in [6, 6.07) is 10.1. The van der Waals surface area contributed by atoms with Gasteiger partial charge >= 0.3 is 0 Å². The van der Waals surface area contributed by atoms with Crippen LogP contribution in [0.2, 0.25) is 0 Å². The molecule has 4 N–H and O–H groups in total. The molecular weight excluding hydrogens is 338 g/mol. The van der Waals surface area contributed by atoms with E-state index in [2.05, 4.69) is 21.1 Å². The van der Waals surface area contributed by atoms with Crippen molar-refractivity contribution in [3.63, 3.8) is 0 Å². The lowest BCUT2D eigenvalue weighted by molar-refractivity contribution is 0.338. The van der Waals surface area contributed by atoms with Crippen molar-refractivity contribution >= 4 is 11.8 Å². The molecule has 1 aromatic heterocycles. The summed E-state index contributed by atoms with van der Waals surface area (Å²) in [6.07, 6.45) is 5.04. The predicted molar refractivity (Wildman–Crippen MR) is 108 cm³/mol. The van der Waals surface area contributed by atoms with Gasteiger partial charge in [-0.05, 0) is 51.2 Å². The maximum absolute atomic E-state index is 9.48. The van der Waals surface area contributed by atoms with Crippen LogP contribution in [0.1, 0.15) is 42.5 Å². The number of aliphatic imine (C=N–C) groups is 1. The third-order valence-electron chi connectivity index (χ3n) is 4.91. The zero-order chi connectivity index (χ0) is 19.2. The number of nitrogens with zero attached hydrogens (tertiary/aromatic N) is 5. The predicted octanol–water partition coefficient (Wildman–Crippen LogP) is 2.37. The van der Waals surface area contributed by atoms with Gasteiger partial charge in [0.25, 0.3) is 0 Å². The summed E-state index contributed by atoms with van der Waals surface area (Å²) in [6.45, 7) is 4.62. The van der Waals surface area contributed by atoms with E-state index in [9.17, 15) is 5.26 Å². The third kappa shape index (κ3) is 4.40. The molecule has 0 bridgehead atoms. The van der Waals surface area contributed by atoms with Crippen LogP contribution >= 0.6 is 0 Å². The molecule has 0 radical (unpaired) electrons. The summed E-state index contributed by atoms with van der Waals surface area (Å²) >= 11 is 0. The van der Waals surface area contributed by atoms with E-state index < -0.39 is 0 Å². The molecule has 3 rings (SSSR count). The summed E-state index contributed by atoms with van der Waals surface area (Å²) in [5.41, 5.74) is 15.4. The number of hydrogen-bond acceptors (Lipinski definition) is 4. The molecule has 7 nitrogen and oxygen atoms in total. The van der Waals surface area contributed by atoms with E-state index in [1.54, 1.807) is 4.68 Å². The van der Waals surface area contributed by atoms with Crippen molar-refractivity contribution in [2.75, 3.05) is 25.4 Å². The van der Waals surface area contributed by atoms with Gasteiger partial charge in [0.1, 0.15) is 17.5 Å². The Morgan fingerprint density at radius 3 is 2.59 bits per heavy atom. The Hall–Kier alpha value is -3.01. The zero-order valence-electron chi connectivity index (χ0n) is 15.9. The molecule has 1 aliphatic heterocycles. The second kappa shape index (κ2) is 8.58. The van der Waals surface area contributed by atoms with Crippen LogP contribution in [-0.4, -0.2) is 40.3 Å². The van der Waals surface area contributed by atoms with E-state index in [-0.39, 0.29) is 0 Å². The third-order valence-corrected chi connectivity index (χ3v) is 4.91. The fourth-order valence-electron chi connectivity index (χ4n) is 3.32. The molecule has 0 atom stereocenters. The van der Waals surface area contributed by atoms with Crippen LogP contribution in [0.5, 0.6) is 0 Å². The van der Waals surface area contributed by atoms with E-state index in [4.69, 9.17) is 11.5 Å². The molecule has 0 amide bonds. The second-order valence-corrected chi connectivity index (χ2v) is 6.96. The first kappa shape index (κ1) is 18.8. The van der Waals surface area contributed by atoms with Crippen LogP contribution in [0, 0.1) is 18.3 Å². The number of nitrogens with two attached hydrogens (primary N) is 2. The molecule has 0 aliphatic carbocycles. The molecule has 1 saturated heterocycles. The number of nitrogen functional groups attached to an aromatic ring is 1. The molecule has 0 saturated carbocycles. The van der Waals surface area contributed by atoms with Crippen LogP contribution in [0.25, 0.3) is 5.69 Å². The Balaban J connectivity index is 1.65. The summed E-state index contributed by atoms with van der Waals surface area (Å²) < 4.78 is 1.64. The first-order valence-corrected chi connectivity index (χ1v) is 9.49. The van der Waals surface area contributed by atoms with Crippen LogP contribution in [0.3, 0.4) is 0 Å². The minimum Gasteiger partial charge on any atom is -0.382 e. The largest absolute Gasteiger partial charge is 0.382 e. The molecule has 2 heterocycles. The Morgan fingerprint density at radius 1 is 1.22 bits per heavy atom. The molecule has 0 unspecified atom stereocenters. The molecular formula is C20H27N7. The van der Waals surface area contributed by atoms with Crippen molar-refractivity contribution in [1.82, 2.24) is 14.7 Å². The van der Waals surface area contributed by atoms with Crippen molar-refractivity contribution < 1.29 is 0 Å². The number of aromatic nitrogens is 2. The lowest BCUT2D eigenvalue weighted by Gasteiger charge is -2.27. The average molecular weight is 365 g/mol. The van der Waals surface area contributed by atoms with Crippen molar-refractivity contribution in [3.8, 4) is 11.8 Å². The number of rotatable bonds is 5. The summed E-state index contributed by atoms with van der Waals surface area (Å²) in [5, 5.41) is 14.0. The first-order chi connectivity index (χ1) is 13.1. The number of aryl methyl sites for hydroxylation is 2. The zero-order valence-corrected chi connectivity index (χ0v) is 15.9. The molecule has 7 heteroatoms. The monoisotopic (exact) mass is 365 g/mol. The fourth-order valence-corrected chi connectivity index (χ4v) is 3.32. The van der Waals surface area contributed by atoms with Crippen LogP contribution in [0.4, 0.5) is 5.82 Å². The highest BCUT2D eigenvalue weighted by Gasteiger charge is 2.16. The van der Waals surface area contributed by atoms with Crippen LogP contribution in [0.15, 0.2) is 29.3 Å². The van der Waals surface area contributed by atoms with Gasteiger partial charge in [0.15, 0.2) is 5.96 Å². The van der Waals surface area contributed by atoms with E-state index in [0.29, 0.717) is 36.0 Å². The van der Waals surface area contributed by atoms with Crippen molar-refractivity contribution in [2.45, 2.75) is 39.0 Å². The molecule has 27 heavy (non-hydrogen) atoms. The van der Waals surface area contributed by atoms with Gasteiger partial charge in [-0.15, -0.1) is 0 Å². The molecule has 1 fully saturated rings. The van der Waals surface area contributed by atoms with Gasteiger partial charge in [-0.1, -0.05) is 17.7 Å². The first-order valence-electron chi connectivity index (χ1n) is 9.49. The maximum Gasteiger partial charge on any atom is 0.191 e. The normalized spacial score (nSPS) is 15.0. The number of nitriles is 1. The Kier molecular flexibility index (Phi) is 5.97. The van der Waals surface area contributed by atoms with Gasteiger partial charge in [-0.3, -0.25) is 4.99 Å². The number of anilines is 1.